The van der Waals surface area contributed by atoms with Crippen molar-refractivity contribution in [3.63, 3.8) is 0 Å². The van der Waals surface area contributed by atoms with Gasteiger partial charge in [0, 0.05) is 25.1 Å². The molecule has 1 saturated heterocycles. The molecule has 3 unspecified atom stereocenters. The maximum atomic E-state index is 12.6. The van der Waals surface area contributed by atoms with Crippen LogP contribution in [-0.2, 0) is 14.9 Å². The molecular formula is C19H28N2O2. The van der Waals surface area contributed by atoms with Crippen molar-refractivity contribution in [3.05, 3.63) is 35.9 Å². The molecule has 4 heteroatoms. The Kier molecular flexibility index (Phi) is 5.02. The summed E-state index contributed by atoms with van der Waals surface area (Å²) >= 11 is 0. The fourth-order valence-electron chi connectivity index (χ4n) is 3.79. The first-order chi connectivity index (χ1) is 11.2. The third-order valence-electron chi connectivity index (χ3n) is 5.51. The van der Waals surface area contributed by atoms with E-state index < -0.39 is 0 Å². The van der Waals surface area contributed by atoms with Gasteiger partial charge >= 0.3 is 0 Å². The molecule has 0 aromatic heterocycles. The number of amides is 1. The van der Waals surface area contributed by atoms with E-state index in [0.717, 1.165) is 38.8 Å². The van der Waals surface area contributed by atoms with Crippen molar-refractivity contribution in [1.29, 1.82) is 0 Å². The SMILES string of the molecule is COC(C1CCCN1)C(C)C(=O)NCC1(c2ccccc2)CC1. The summed E-state index contributed by atoms with van der Waals surface area (Å²) < 4.78 is 5.63. The molecule has 3 atom stereocenters. The maximum Gasteiger partial charge on any atom is 0.225 e. The van der Waals surface area contributed by atoms with Gasteiger partial charge in [0.15, 0.2) is 0 Å². The number of nitrogens with one attached hydrogen (secondary N) is 2. The Labute approximate surface area is 139 Å². The molecule has 2 N–H and O–H groups in total. The van der Waals surface area contributed by atoms with E-state index in [4.69, 9.17) is 4.74 Å². The Morgan fingerprint density at radius 2 is 2.13 bits per heavy atom. The second-order valence-corrected chi connectivity index (χ2v) is 7.06. The van der Waals surface area contributed by atoms with Crippen LogP contribution in [0.15, 0.2) is 30.3 Å². The maximum absolute atomic E-state index is 12.6. The highest BCUT2D eigenvalue weighted by molar-refractivity contribution is 5.79. The van der Waals surface area contributed by atoms with Gasteiger partial charge in [0.2, 0.25) is 5.91 Å². The molecule has 0 radical (unpaired) electrons. The van der Waals surface area contributed by atoms with Crippen molar-refractivity contribution in [3.8, 4) is 0 Å². The van der Waals surface area contributed by atoms with Crippen molar-refractivity contribution >= 4 is 5.91 Å². The number of rotatable bonds is 7. The lowest BCUT2D eigenvalue weighted by Gasteiger charge is -2.28. The molecule has 2 fully saturated rings. The summed E-state index contributed by atoms with van der Waals surface area (Å²) in [5, 5.41) is 6.62. The smallest absolute Gasteiger partial charge is 0.225 e. The van der Waals surface area contributed by atoms with Crippen LogP contribution in [-0.4, -0.2) is 38.3 Å². The minimum Gasteiger partial charge on any atom is -0.379 e. The molecule has 1 aliphatic carbocycles. The monoisotopic (exact) mass is 316 g/mol. The number of methoxy groups -OCH3 is 1. The van der Waals surface area contributed by atoms with Crippen LogP contribution in [0.5, 0.6) is 0 Å². The first-order valence-corrected chi connectivity index (χ1v) is 8.76. The molecule has 1 aliphatic heterocycles. The van der Waals surface area contributed by atoms with Crippen LogP contribution in [0.25, 0.3) is 0 Å². The van der Waals surface area contributed by atoms with Crippen LogP contribution in [0.1, 0.15) is 38.2 Å². The second kappa shape index (κ2) is 7.02. The highest BCUT2D eigenvalue weighted by atomic mass is 16.5. The molecular weight excluding hydrogens is 288 g/mol. The zero-order valence-electron chi connectivity index (χ0n) is 14.2. The van der Waals surface area contributed by atoms with Crippen LogP contribution in [0, 0.1) is 5.92 Å². The highest BCUT2D eigenvalue weighted by Gasteiger charge is 2.44. The number of hydrogen-bond acceptors (Lipinski definition) is 3. The lowest BCUT2D eigenvalue weighted by Crippen LogP contribution is -2.47. The van der Waals surface area contributed by atoms with E-state index >= 15 is 0 Å². The van der Waals surface area contributed by atoms with E-state index in [1.54, 1.807) is 7.11 Å². The zero-order valence-corrected chi connectivity index (χ0v) is 14.2. The van der Waals surface area contributed by atoms with Crippen LogP contribution in [0.2, 0.25) is 0 Å². The van der Waals surface area contributed by atoms with Gasteiger partial charge in [-0.2, -0.15) is 0 Å². The molecule has 1 heterocycles. The number of carbonyl (C=O) groups is 1. The van der Waals surface area contributed by atoms with Gasteiger partial charge in [-0.05, 0) is 37.8 Å². The van der Waals surface area contributed by atoms with Crippen molar-refractivity contribution in [2.24, 2.45) is 5.92 Å². The molecule has 0 spiro atoms. The van der Waals surface area contributed by atoms with Crippen molar-refractivity contribution in [1.82, 2.24) is 10.6 Å². The van der Waals surface area contributed by atoms with Crippen LogP contribution < -0.4 is 10.6 Å². The summed E-state index contributed by atoms with van der Waals surface area (Å²) in [6.45, 7) is 3.73. The molecule has 1 aromatic carbocycles. The molecule has 23 heavy (non-hydrogen) atoms. The van der Waals surface area contributed by atoms with Crippen LogP contribution in [0.4, 0.5) is 0 Å². The zero-order chi connectivity index (χ0) is 16.3. The van der Waals surface area contributed by atoms with E-state index in [1.807, 2.05) is 13.0 Å². The fraction of sp³-hybridized carbons (Fsp3) is 0.632. The third kappa shape index (κ3) is 3.59. The standard InChI is InChI=1S/C19H28N2O2/c1-14(17(23-2)16-9-6-12-20-16)18(22)21-13-19(10-11-19)15-7-4-3-5-8-15/h3-5,7-8,14,16-17,20H,6,9-13H2,1-2H3,(H,21,22). The second-order valence-electron chi connectivity index (χ2n) is 7.06. The Hall–Kier alpha value is -1.39. The molecule has 3 rings (SSSR count). The largest absolute Gasteiger partial charge is 0.379 e. The van der Waals surface area contributed by atoms with E-state index in [9.17, 15) is 4.79 Å². The summed E-state index contributed by atoms with van der Waals surface area (Å²) in [5.41, 5.74) is 1.50. The number of hydrogen-bond donors (Lipinski definition) is 2. The van der Waals surface area contributed by atoms with Gasteiger partial charge in [-0.25, -0.2) is 0 Å². The molecule has 1 amide bonds. The molecule has 0 bridgehead atoms. The van der Waals surface area contributed by atoms with Gasteiger partial charge in [-0.1, -0.05) is 37.3 Å². The average Bonchev–Trinajstić information content (AvgIpc) is 3.20. The van der Waals surface area contributed by atoms with Gasteiger partial charge in [0.25, 0.3) is 0 Å². The summed E-state index contributed by atoms with van der Waals surface area (Å²) in [5.74, 6) is -0.0325. The molecule has 126 valence electrons. The normalized spacial score (nSPS) is 24.9. The summed E-state index contributed by atoms with van der Waals surface area (Å²) in [4.78, 5) is 12.6. The minimum absolute atomic E-state index is 0.0515. The topological polar surface area (TPSA) is 50.4 Å². The van der Waals surface area contributed by atoms with Crippen molar-refractivity contribution in [2.45, 2.75) is 50.2 Å². The molecule has 1 saturated carbocycles. The van der Waals surface area contributed by atoms with Gasteiger partial charge in [-0.15, -0.1) is 0 Å². The predicted molar refractivity (Wildman–Crippen MR) is 91.3 cm³/mol. The van der Waals surface area contributed by atoms with E-state index in [0.29, 0.717) is 6.04 Å². The molecule has 4 nitrogen and oxygen atoms in total. The number of carbonyl (C=O) groups excluding carboxylic acids is 1. The number of ether oxygens (including phenoxy) is 1. The van der Waals surface area contributed by atoms with Crippen LogP contribution >= 0.6 is 0 Å². The third-order valence-corrected chi connectivity index (χ3v) is 5.51. The van der Waals surface area contributed by atoms with Crippen molar-refractivity contribution < 1.29 is 9.53 Å². The molecule has 1 aromatic rings. The van der Waals surface area contributed by atoms with E-state index in [-0.39, 0.29) is 23.3 Å². The Morgan fingerprint density at radius 3 is 2.70 bits per heavy atom. The minimum atomic E-state index is -0.137. The van der Waals surface area contributed by atoms with Gasteiger partial charge < -0.3 is 15.4 Å². The first kappa shape index (κ1) is 16.5. The summed E-state index contributed by atoms with van der Waals surface area (Å²) in [6.07, 6.45) is 4.51. The Bertz CT molecular complexity index is 521. The Balaban J connectivity index is 1.56. The van der Waals surface area contributed by atoms with Crippen LogP contribution in [0.3, 0.4) is 0 Å². The lowest BCUT2D eigenvalue weighted by molar-refractivity contribution is -0.129. The number of benzene rings is 1. The van der Waals surface area contributed by atoms with Gasteiger partial charge in [-0.3, -0.25) is 4.79 Å². The summed E-state index contributed by atoms with van der Waals surface area (Å²) in [7, 11) is 1.71. The summed E-state index contributed by atoms with van der Waals surface area (Å²) in [6, 6.07) is 10.8. The highest BCUT2D eigenvalue weighted by Crippen LogP contribution is 2.47. The van der Waals surface area contributed by atoms with Crippen molar-refractivity contribution in [2.75, 3.05) is 20.2 Å². The van der Waals surface area contributed by atoms with E-state index in [1.165, 1.54) is 5.56 Å². The average molecular weight is 316 g/mol. The van der Waals surface area contributed by atoms with E-state index in [2.05, 4.69) is 34.9 Å². The fourth-order valence-corrected chi connectivity index (χ4v) is 3.79. The van der Waals surface area contributed by atoms with Gasteiger partial charge in [0.1, 0.15) is 0 Å². The quantitative estimate of drug-likeness (QED) is 0.811. The lowest BCUT2D eigenvalue weighted by atomic mass is 9.93. The molecule has 2 aliphatic rings. The predicted octanol–water partition coefficient (Wildman–Crippen LogP) is 2.24. The first-order valence-electron chi connectivity index (χ1n) is 8.76. The Morgan fingerprint density at radius 1 is 1.39 bits per heavy atom. The van der Waals surface area contributed by atoms with Gasteiger partial charge in [0.05, 0.1) is 12.0 Å².